The number of nitrogens with zero attached hydrogens (tertiary/aromatic N) is 2. The van der Waals surface area contributed by atoms with Crippen molar-refractivity contribution < 1.29 is 13.2 Å². The second-order valence-corrected chi connectivity index (χ2v) is 8.39. The molecule has 2 aliphatic heterocycles. The van der Waals surface area contributed by atoms with Gasteiger partial charge in [0.1, 0.15) is 9.88 Å². The molecule has 6 nitrogen and oxygen atoms in total. The number of aromatic nitrogens is 1. The van der Waals surface area contributed by atoms with E-state index >= 15 is 0 Å². The first kappa shape index (κ1) is 14.7. The lowest BCUT2D eigenvalue weighted by Gasteiger charge is -2.11. The molecule has 114 valence electrons. The van der Waals surface area contributed by atoms with Gasteiger partial charge in [0.2, 0.25) is 0 Å². The third-order valence-electron chi connectivity index (χ3n) is 3.58. The average Bonchev–Trinajstić information content (AvgIpc) is 3.12. The number of carbonyl (C=O) groups excluding carboxylic acids is 1. The van der Waals surface area contributed by atoms with E-state index in [1.165, 1.54) is 30.3 Å². The molecule has 0 spiro atoms. The van der Waals surface area contributed by atoms with Crippen LogP contribution in [0, 0.1) is 0 Å². The fourth-order valence-electron chi connectivity index (χ4n) is 2.53. The van der Waals surface area contributed by atoms with Crippen LogP contribution in [0.25, 0.3) is 0 Å². The third kappa shape index (κ3) is 3.69. The van der Waals surface area contributed by atoms with Gasteiger partial charge in [-0.05, 0) is 32.0 Å². The second kappa shape index (κ2) is 5.86. The van der Waals surface area contributed by atoms with Gasteiger partial charge >= 0.3 is 0 Å². The third-order valence-corrected chi connectivity index (χ3v) is 5.96. The Labute approximate surface area is 127 Å². The van der Waals surface area contributed by atoms with E-state index in [1.54, 1.807) is 6.20 Å². The van der Waals surface area contributed by atoms with E-state index < -0.39 is 15.9 Å². The molecular weight excluding hydrogens is 310 g/mol. The molecule has 0 aliphatic carbocycles. The van der Waals surface area contributed by atoms with Gasteiger partial charge in [-0.1, -0.05) is 0 Å². The number of hydrogen-bond acceptors (Lipinski definition) is 6. The number of likely N-dealkylation sites (tertiary alicyclic amines) is 1. The van der Waals surface area contributed by atoms with Crippen LogP contribution in [-0.4, -0.2) is 49.1 Å². The highest BCUT2D eigenvalue weighted by molar-refractivity contribution is 7.94. The lowest BCUT2D eigenvalue weighted by Crippen LogP contribution is -2.35. The molecule has 0 saturated carbocycles. The molecule has 1 aromatic heterocycles. The van der Waals surface area contributed by atoms with Gasteiger partial charge in [-0.2, -0.15) is 0 Å². The summed E-state index contributed by atoms with van der Waals surface area (Å²) >= 11 is 1.37. The molecule has 2 aliphatic rings. The highest BCUT2D eigenvalue weighted by atomic mass is 32.2. The normalized spacial score (nSPS) is 24.5. The molecule has 0 radical (unpaired) electrons. The molecule has 0 unspecified atom stereocenters. The molecule has 1 atom stereocenters. The van der Waals surface area contributed by atoms with E-state index in [-0.39, 0.29) is 11.7 Å². The topological polar surface area (TPSA) is 79.4 Å². The van der Waals surface area contributed by atoms with Crippen molar-refractivity contribution in [2.24, 2.45) is 0 Å². The van der Waals surface area contributed by atoms with E-state index in [4.69, 9.17) is 0 Å². The Hall–Kier alpha value is -1.25. The lowest BCUT2D eigenvalue weighted by molar-refractivity contribution is 0.0951. The van der Waals surface area contributed by atoms with E-state index in [1.807, 2.05) is 0 Å². The minimum Gasteiger partial charge on any atom is -0.344 e. The zero-order chi connectivity index (χ0) is 14.9. The number of thiazole rings is 1. The summed E-state index contributed by atoms with van der Waals surface area (Å²) in [5, 5.41) is 4.79. The molecule has 8 heteroatoms. The molecule has 1 saturated heterocycles. The predicted molar refractivity (Wildman–Crippen MR) is 80.8 cm³/mol. The molecule has 1 fully saturated rings. The SMILES string of the molecule is O=C(N[C@H]1C=CS(=O)(=O)C1)c1cnc(CN2CCCC2)s1. The van der Waals surface area contributed by atoms with Crippen molar-refractivity contribution in [2.45, 2.75) is 25.4 Å². The number of amides is 1. The van der Waals surface area contributed by atoms with Crippen LogP contribution in [0.1, 0.15) is 27.5 Å². The smallest absolute Gasteiger partial charge is 0.263 e. The second-order valence-electron chi connectivity index (χ2n) is 5.34. The zero-order valence-electron chi connectivity index (χ0n) is 11.5. The standard InChI is InChI=1S/C13H17N3O3S2/c17-13(15-10-3-6-21(18,19)9-10)11-7-14-12(20-11)8-16-4-1-2-5-16/h3,6-7,10H,1-2,4-5,8-9H2,(H,15,17)/t10-/m0/s1. The monoisotopic (exact) mass is 327 g/mol. The maximum atomic E-state index is 12.1. The van der Waals surface area contributed by atoms with Crippen LogP contribution in [0.5, 0.6) is 0 Å². The van der Waals surface area contributed by atoms with Crippen LogP contribution in [0.4, 0.5) is 0 Å². The molecule has 1 amide bonds. The van der Waals surface area contributed by atoms with E-state index in [2.05, 4.69) is 15.2 Å². The summed E-state index contributed by atoms with van der Waals surface area (Å²) in [5.41, 5.74) is 0. The number of rotatable bonds is 4. The largest absolute Gasteiger partial charge is 0.344 e. The van der Waals surface area contributed by atoms with Crippen molar-refractivity contribution in [3.63, 3.8) is 0 Å². The Bertz CT molecular complexity index is 660. The molecule has 21 heavy (non-hydrogen) atoms. The van der Waals surface area contributed by atoms with Gasteiger partial charge in [-0.3, -0.25) is 9.69 Å². The molecule has 1 aromatic rings. The molecule has 3 heterocycles. The van der Waals surface area contributed by atoms with Crippen LogP contribution in [0.2, 0.25) is 0 Å². The first-order valence-electron chi connectivity index (χ1n) is 6.91. The van der Waals surface area contributed by atoms with E-state index in [0.717, 1.165) is 30.0 Å². The predicted octanol–water partition coefficient (Wildman–Crippen LogP) is 0.779. The minimum absolute atomic E-state index is 0.0574. The summed E-state index contributed by atoms with van der Waals surface area (Å²) in [6, 6.07) is -0.438. The number of sulfone groups is 1. The summed E-state index contributed by atoms with van der Waals surface area (Å²) in [6.07, 6.45) is 5.53. The van der Waals surface area contributed by atoms with E-state index in [9.17, 15) is 13.2 Å². The van der Waals surface area contributed by atoms with Crippen LogP contribution in [-0.2, 0) is 16.4 Å². The summed E-state index contributed by atoms with van der Waals surface area (Å²) in [5.74, 6) is -0.315. The summed E-state index contributed by atoms with van der Waals surface area (Å²) in [6.45, 7) is 2.97. The van der Waals surface area contributed by atoms with Crippen LogP contribution in [0.3, 0.4) is 0 Å². The number of hydrogen-bond donors (Lipinski definition) is 1. The van der Waals surface area contributed by atoms with Crippen molar-refractivity contribution in [1.29, 1.82) is 0 Å². The average molecular weight is 327 g/mol. The summed E-state index contributed by atoms with van der Waals surface area (Å²) < 4.78 is 22.6. The molecule has 0 aromatic carbocycles. The highest BCUT2D eigenvalue weighted by Gasteiger charge is 2.24. The highest BCUT2D eigenvalue weighted by Crippen LogP contribution is 2.18. The van der Waals surface area contributed by atoms with Gasteiger partial charge in [0.05, 0.1) is 24.5 Å². The van der Waals surface area contributed by atoms with Gasteiger partial charge in [0.25, 0.3) is 5.91 Å². The van der Waals surface area contributed by atoms with Crippen molar-refractivity contribution in [3.8, 4) is 0 Å². The zero-order valence-corrected chi connectivity index (χ0v) is 13.1. The van der Waals surface area contributed by atoms with Crippen molar-refractivity contribution in [2.75, 3.05) is 18.8 Å². The maximum Gasteiger partial charge on any atom is 0.263 e. The Morgan fingerprint density at radius 3 is 2.86 bits per heavy atom. The lowest BCUT2D eigenvalue weighted by atomic mass is 10.3. The van der Waals surface area contributed by atoms with Crippen LogP contribution in [0.15, 0.2) is 17.7 Å². The molecule has 0 bridgehead atoms. The minimum atomic E-state index is -3.15. The number of nitrogens with one attached hydrogen (secondary N) is 1. The van der Waals surface area contributed by atoms with Gasteiger partial charge in [0, 0.05) is 5.41 Å². The van der Waals surface area contributed by atoms with Crippen molar-refractivity contribution >= 4 is 27.1 Å². The quantitative estimate of drug-likeness (QED) is 0.884. The Morgan fingerprint density at radius 1 is 1.43 bits per heavy atom. The molecule has 3 rings (SSSR count). The van der Waals surface area contributed by atoms with Crippen LogP contribution >= 0.6 is 11.3 Å². The number of carbonyl (C=O) groups is 1. The van der Waals surface area contributed by atoms with Gasteiger partial charge in [0.15, 0.2) is 9.84 Å². The summed E-state index contributed by atoms with van der Waals surface area (Å²) in [4.78, 5) is 19.2. The van der Waals surface area contributed by atoms with Gasteiger partial charge in [-0.15, -0.1) is 11.3 Å². The van der Waals surface area contributed by atoms with Crippen molar-refractivity contribution in [1.82, 2.24) is 15.2 Å². The summed E-state index contributed by atoms with van der Waals surface area (Å²) in [7, 11) is -3.15. The van der Waals surface area contributed by atoms with Gasteiger partial charge < -0.3 is 5.32 Å². The van der Waals surface area contributed by atoms with E-state index in [0.29, 0.717) is 4.88 Å². The Balaban J connectivity index is 1.58. The fourth-order valence-corrected chi connectivity index (χ4v) is 4.62. The van der Waals surface area contributed by atoms with Crippen molar-refractivity contribution in [3.05, 3.63) is 27.6 Å². The first-order chi connectivity index (χ1) is 10.0. The molecule has 1 N–H and O–H groups in total. The Morgan fingerprint density at radius 2 is 2.19 bits per heavy atom. The molecular formula is C13H17N3O3S2. The first-order valence-corrected chi connectivity index (χ1v) is 9.44. The Kier molecular flexibility index (Phi) is 4.10. The van der Waals surface area contributed by atoms with Crippen LogP contribution < -0.4 is 5.32 Å². The maximum absolute atomic E-state index is 12.1. The van der Waals surface area contributed by atoms with Gasteiger partial charge in [-0.25, -0.2) is 13.4 Å². The fraction of sp³-hybridized carbons (Fsp3) is 0.538.